The molecule has 2 aliphatic heterocycles. The van der Waals surface area contributed by atoms with Gasteiger partial charge in [-0.25, -0.2) is 0 Å². The van der Waals surface area contributed by atoms with E-state index in [-0.39, 0.29) is 70.2 Å². The van der Waals surface area contributed by atoms with Crippen molar-refractivity contribution in [3.8, 4) is 11.3 Å². The van der Waals surface area contributed by atoms with Gasteiger partial charge in [0.2, 0.25) is 0 Å². The van der Waals surface area contributed by atoms with Crippen LogP contribution in [0.25, 0.3) is 11.3 Å². The van der Waals surface area contributed by atoms with Crippen LogP contribution in [0.4, 0.5) is 0 Å². The topological polar surface area (TPSA) is 142 Å². The maximum atomic E-state index is 13.1. The van der Waals surface area contributed by atoms with Crippen LogP contribution in [0.5, 0.6) is 0 Å². The second kappa shape index (κ2) is 10.5. The zero-order valence-electron chi connectivity index (χ0n) is 18.4. The number of fused-ring (bicyclic) bond motifs is 1. The van der Waals surface area contributed by atoms with Gasteiger partial charge < -0.3 is 24.5 Å². The third-order valence-electron chi connectivity index (χ3n) is 5.20. The summed E-state index contributed by atoms with van der Waals surface area (Å²) in [4.78, 5) is 49.7. The first-order valence-corrected chi connectivity index (χ1v) is 11.2. The Balaban J connectivity index is 0.00000324. The fourth-order valence-electron chi connectivity index (χ4n) is 3.66. The summed E-state index contributed by atoms with van der Waals surface area (Å²) in [5.74, 6) is -2.93. The molecule has 0 bridgehead atoms. The maximum Gasteiger partial charge on any atom is 1.00 e. The number of hydrogen-bond acceptors (Lipinski definition) is 9. The number of rotatable bonds is 6. The number of aryl methyl sites for hydroxylation is 1. The number of hydrogen-bond donors (Lipinski definition) is 1. The molecule has 0 radical (unpaired) electrons. The summed E-state index contributed by atoms with van der Waals surface area (Å²) >= 11 is 7.47. The number of ether oxygens (including phenoxy) is 1. The summed E-state index contributed by atoms with van der Waals surface area (Å²) < 4.78 is 10.1. The second-order valence-electron chi connectivity index (χ2n) is 7.32. The zero-order valence-corrected chi connectivity index (χ0v) is 22.0. The van der Waals surface area contributed by atoms with E-state index >= 15 is 0 Å². The van der Waals surface area contributed by atoms with Gasteiger partial charge in [0.1, 0.15) is 35.0 Å². The van der Waals surface area contributed by atoms with Crippen LogP contribution in [-0.4, -0.2) is 57.6 Å². The minimum absolute atomic E-state index is 0. The molecule has 0 saturated carbocycles. The van der Waals surface area contributed by atoms with E-state index in [0.717, 1.165) is 4.90 Å². The third kappa shape index (κ3) is 4.76. The van der Waals surface area contributed by atoms with E-state index in [2.05, 4.69) is 10.5 Å². The average molecular weight is 514 g/mol. The molecule has 1 fully saturated rings. The van der Waals surface area contributed by atoms with E-state index in [1.807, 2.05) is 0 Å². The number of esters is 1. The Morgan fingerprint density at radius 3 is 2.71 bits per heavy atom. The molecule has 1 saturated heterocycles. The number of nitrogens with one attached hydrogen (secondary N) is 1. The average Bonchev–Trinajstić information content (AvgIpc) is 3.16. The van der Waals surface area contributed by atoms with Crippen molar-refractivity contribution in [1.82, 2.24) is 15.4 Å². The normalized spacial score (nSPS) is 19.0. The monoisotopic (exact) mass is 513 g/mol. The molecule has 2 aliphatic rings. The minimum Gasteiger partial charge on any atom is -0.543 e. The number of amides is 2. The van der Waals surface area contributed by atoms with Crippen molar-refractivity contribution in [3.05, 3.63) is 51.9 Å². The molecule has 1 N–H and O–H groups in total. The van der Waals surface area contributed by atoms with E-state index < -0.39 is 35.2 Å². The van der Waals surface area contributed by atoms with Gasteiger partial charge in [-0.05, 0) is 13.0 Å². The van der Waals surface area contributed by atoms with Crippen molar-refractivity contribution in [2.24, 2.45) is 0 Å². The van der Waals surface area contributed by atoms with Crippen LogP contribution in [0.3, 0.4) is 0 Å². The predicted octanol–water partition coefficient (Wildman–Crippen LogP) is -2.11. The smallest absolute Gasteiger partial charge is 0.543 e. The number of β-lactam (4-membered cyclic amide) rings is 1. The standard InChI is InChI=1S/C21H18ClN3O7S.Na/c1-9-14(15(24-32-9)12-5-3-4-6-13(12)22)18(27)23-16-19(28)25-17(21(29)30)11(7-31-10(2)26)8-33-20(16)25;/h3-6,16,20H,7-8H2,1-2H3,(H,23,27)(H,29,30);/q;+1/p-1/t16-,20-;/m0./s1. The van der Waals surface area contributed by atoms with Gasteiger partial charge in [0.25, 0.3) is 11.8 Å². The summed E-state index contributed by atoms with van der Waals surface area (Å²) in [5.41, 5.74) is 0.761. The molecule has 0 spiro atoms. The number of thioether (sulfide) groups is 1. The van der Waals surface area contributed by atoms with Crippen molar-refractivity contribution in [3.63, 3.8) is 0 Å². The van der Waals surface area contributed by atoms with Gasteiger partial charge >= 0.3 is 35.5 Å². The molecule has 34 heavy (non-hydrogen) atoms. The molecule has 10 nitrogen and oxygen atoms in total. The number of benzene rings is 1. The predicted molar refractivity (Wildman–Crippen MR) is 115 cm³/mol. The summed E-state index contributed by atoms with van der Waals surface area (Å²) in [6.07, 6.45) is 0. The van der Waals surface area contributed by atoms with Gasteiger partial charge in [-0.1, -0.05) is 35.0 Å². The quantitative estimate of drug-likeness (QED) is 0.261. The van der Waals surface area contributed by atoms with Gasteiger partial charge in [-0.15, -0.1) is 11.8 Å². The molecule has 2 atom stereocenters. The Bertz CT molecular complexity index is 1210. The largest absolute Gasteiger partial charge is 1.00 e. The summed E-state index contributed by atoms with van der Waals surface area (Å²) in [6.45, 7) is 2.49. The first-order chi connectivity index (χ1) is 15.7. The van der Waals surface area contributed by atoms with Crippen molar-refractivity contribution >= 4 is 47.1 Å². The van der Waals surface area contributed by atoms with Crippen LogP contribution in [0, 0.1) is 6.92 Å². The van der Waals surface area contributed by atoms with Gasteiger partial charge in [0.05, 0.1) is 16.7 Å². The number of carboxylic acids is 1. The third-order valence-corrected chi connectivity index (χ3v) is 6.86. The van der Waals surface area contributed by atoms with Crippen LogP contribution >= 0.6 is 23.4 Å². The molecule has 3 heterocycles. The van der Waals surface area contributed by atoms with E-state index in [9.17, 15) is 24.3 Å². The molecule has 2 aromatic rings. The van der Waals surface area contributed by atoms with Crippen LogP contribution in [0.15, 0.2) is 40.1 Å². The first-order valence-electron chi connectivity index (χ1n) is 9.74. The Morgan fingerprint density at radius 1 is 1.35 bits per heavy atom. The molecule has 2 amide bonds. The molecule has 0 unspecified atom stereocenters. The molecule has 1 aromatic heterocycles. The van der Waals surface area contributed by atoms with Crippen LogP contribution in [0.1, 0.15) is 23.0 Å². The Labute approximate surface area is 225 Å². The van der Waals surface area contributed by atoms with E-state index in [1.54, 1.807) is 31.2 Å². The molecular weight excluding hydrogens is 497 g/mol. The maximum absolute atomic E-state index is 13.1. The fraction of sp³-hybridized carbons (Fsp3) is 0.286. The first kappa shape index (κ1) is 26.3. The van der Waals surface area contributed by atoms with Crippen LogP contribution in [-0.2, 0) is 19.1 Å². The Morgan fingerprint density at radius 2 is 2.06 bits per heavy atom. The van der Waals surface area contributed by atoms with E-state index in [0.29, 0.717) is 10.6 Å². The van der Waals surface area contributed by atoms with Gasteiger partial charge in [0, 0.05) is 23.8 Å². The number of carbonyl (C=O) groups is 4. The Kier molecular flexibility index (Phi) is 8.14. The molecule has 13 heteroatoms. The van der Waals surface area contributed by atoms with E-state index in [1.165, 1.54) is 18.7 Å². The van der Waals surface area contributed by atoms with Crippen molar-refractivity contribution in [2.75, 3.05) is 12.4 Å². The summed E-state index contributed by atoms with van der Waals surface area (Å²) in [5, 5.41) is 18.0. The molecule has 4 rings (SSSR count). The number of halogens is 1. The molecular formula is C21H17ClN3NaO7S. The molecule has 0 aliphatic carbocycles. The summed E-state index contributed by atoms with van der Waals surface area (Å²) in [7, 11) is 0. The van der Waals surface area contributed by atoms with Gasteiger partial charge in [-0.2, -0.15) is 0 Å². The van der Waals surface area contributed by atoms with Crippen LogP contribution in [0.2, 0.25) is 5.02 Å². The van der Waals surface area contributed by atoms with Crippen molar-refractivity contribution < 1.29 is 63.1 Å². The number of carbonyl (C=O) groups excluding carboxylic acids is 4. The van der Waals surface area contributed by atoms with Crippen LogP contribution < -0.4 is 40.0 Å². The minimum atomic E-state index is -1.56. The van der Waals surface area contributed by atoms with Crippen molar-refractivity contribution in [1.29, 1.82) is 0 Å². The molecule has 172 valence electrons. The number of nitrogens with zero attached hydrogens (tertiary/aromatic N) is 2. The second-order valence-corrected chi connectivity index (χ2v) is 8.84. The number of aliphatic carboxylic acids is 1. The van der Waals surface area contributed by atoms with Gasteiger partial charge in [0.15, 0.2) is 0 Å². The van der Waals surface area contributed by atoms with Gasteiger partial charge in [-0.3, -0.25) is 19.3 Å². The summed E-state index contributed by atoms with van der Waals surface area (Å²) in [6, 6.07) is 5.83. The molecule has 1 aromatic carbocycles. The Hall–Kier alpha value is -2.31. The SMILES string of the molecule is CC(=O)OCC1=C(C(=O)[O-])N2C(=O)[C@H](NC(=O)c3c(-c4ccccc4Cl)noc3C)[C@@H]2SC1.[Na+]. The zero-order chi connectivity index (χ0) is 23.9. The number of carboxylic acid groups (broad SMARTS) is 1. The fourth-order valence-corrected chi connectivity index (χ4v) is 5.21. The number of aromatic nitrogens is 1. The van der Waals surface area contributed by atoms with E-state index in [4.69, 9.17) is 20.9 Å². The van der Waals surface area contributed by atoms with Crippen molar-refractivity contribution in [2.45, 2.75) is 25.3 Å².